The molecule has 0 radical (unpaired) electrons. The minimum Gasteiger partial charge on any atom is -0.454 e. The van der Waals surface area contributed by atoms with E-state index in [4.69, 9.17) is 25.8 Å². The smallest absolute Gasteiger partial charge is 0.231 e. The van der Waals surface area contributed by atoms with Crippen LogP contribution < -0.4 is 14.8 Å². The van der Waals surface area contributed by atoms with Crippen molar-refractivity contribution in [1.29, 1.82) is 0 Å². The van der Waals surface area contributed by atoms with Gasteiger partial charge in [0.1, 0.15) is 0 Å². The van der Waals surface area contributed by atoms with Crippen LogP contribution in [0.5, 0.6) is 11.5 Å². The SMILES string of the molecule is Cl.Clc1cc2c(cc1[C@H]1COCCN1)OCO2. The molecule has 6 heteroatoms. The fourth-order valence-corrected chi connectivity index (χ4v) is 2.25. The zero-order valence-electron chi connectivity index (χ0n) is 9.07. The van der Waals surface area contributed by atoms with Gasteiger partial charge in [0, 0.05) is 17.6 Å². The molecule has 4 nitrogen and oxygen atoms in total. The molecule has 2 aliphatic heterocycles. The summed E-state index contributed by atoms with van der Waals surface area (Å²) in [6.45, 7) is 2.50. The lowest BCUT2D eigenvalue weighted by Gasteiger charge is -2.25. The summed E-state index contributed by atoms with van der Waals surface area (Å²) in [5.74, 6) is 1.47. The summed E-state index contributed by atoms with van der Waals surface area (Å²) in [7, 11) is 0. The van der Waals surface area contributed by atoms with Crippen LogP contribution >= 0.6 is 24.0 Å². The average molecular weight is 278 g/mol. The average Bonchev–Trinajstić information content (AvgIpc) is 2.76. The number of benzene rings is 1. The Balaban J connectivity index is 0.00000108. The zero-order valence-corrected chi connectivity index (χ0v) is 10.6. The van der Waals surface area contributed by atoms with Crippen LogP contribution in [0.2, 0.25) is 5.02 Å². The van der Waals surface area contributed by atoms with Gasteiger partial charge in [0.05, 0.1) is 19.3 Å². The number of morpholine rings is 1. The van der Waals surface area contributed by atoms with Gasteiger partial charge < -0.3 is 19.5 Å². The first kappa shape index (κ1) is 12.8. The van der Waals surface area contributed by atoms with E-state index in [-0.39, 0.29) is 25.2 Å². The van der Waals surface area contributed by atoms with Crippen molar-refractivity contribution in [3.05, 3.63) is 22.7 Å². The van der Waals surface area contributed by atoms with Crippen LogP contribution in [0.3, 0.4) is 0 Å². The summed E-state index contributed by atoms with van der Waals surface area (Å²) in [6, 6.07) is 3.86. The molecule has 94 valence electrons. The van der Waals surface area contributed by atoms with Gasteiger partial charge in [-0.3, -0.25) is 0 Å². The Kier molecular flexibility index (Phi) is 3.99. The second-order valence-electron chi connectivity index (χ2n) is 3.81. The van der Waals surface area contributed by atoms with E-state index < -0.39 is 0 Å². The Morgan fingerprint density at radius 1 is 1.24 bits per heavy atom. The first-order valence-electron chi connectivity index (χ1n) is 5.25. The maximum absolute atomic E-state index is 6.21. The summed E-state index contributed by atoms with van der Waals surface area (Å²) >= 11 is 6.21. The van der Waals surface area contributed by atoms with E-state index in [1.54, 1.807) is 6.07 Å². The summed E-state index contributed by atoms with van der Waals surface area (Å²) in [5, 5.41) is 4.05. The third-order valence-corrected chi connectivity index (χ3v) is 3.12. The third-order valence-electron chi connectivity index (χ3n) is 2.79. The molecule has 0 aliphatic carbocycles. The molecule has 3 rings (SSSR count). The normalized spacial score (nSPS) is 22.1. The number of hydrogen-bond donors (Lipinski definition) is 1. The number of hydrogen-bond acceptors (Lipinski definition) is 4. The lowest BCUT2D eigenvalue weighted by molar-refractivity contribution is 0.0768. The van der Waals surface area contributed by atoms with Gasteiger partial charge in [-0.05, 0) is 11.6 Å². The molecule has 0 bridgehead atoms. The molecule has 1 aromatic carbocycles. The highest BCUT2D eigenvalue weighted by Gasteiger charge is 2.22. The van der Waals surface area contributed by atoms with E-state index >= 15 is 0 Å². The topological polar surface area (TPSA) is 39.7 Å². The second kappa shape index (κ2) is 5.31. The van der Waals surface area contributed by atoms with Gasteiger partial charge in [0.2, 0.25) is 6.79 Å². The zero-order chi connectivity index (χ0) is 11.0. The molecular weight excluding hydrogens is 265 g/mol. The summed E-state index contributed by atoms with van der Waals surface area (Å²) in [4.78, 5) is 0. The molecule has 1 N–H and O–H groups in total. The van der Waals surface area contributed by atoms with E-state index in [1.165, 1.54) is 0 Å². The number of rotatable bonds is 1. The summed E-state index contributed by atoms with van der Waals surface area (Å²) in [5.41, 5.74) is 1.01. The second-order valence-corrected chi connectivity index (χ2v) is 4.22. The molecule has 0 amide bonds. The molecule has 1 saturated heterocycles. The predicted molar refractivity (Wildman–Crippen MR) is 66.4 cm³/mol. The van der Waals surface area contributed by atoms with Crippen molar-refractivity contribution in [2.45, 2.75) is 6.04 Å². The monoisotopic (exact) mass is 277 g/mol. The van der Waals surface area contributed by atoms with Crippen LogP contribution in [0.15, 0.2) is 12.1 Å². The van der Waals surface area contributed by atoms with Crippen LogP contribution in [-0.2, 0) is 4.74 Å². The van der Waals surface area contributed by atoms with Crippen molar-refractivity contribution in [3.8, 4) is 11.5 Å². The van der Waals surface area contributed by atoms with Crippen molar-refractivity contribution in [3.63, 3.8) is 0 Å². The van der Waals surface area contributed by atoms with E-state index in [1.807, 2.05) is 6.07 Å². The molecule has 0 spiro atoms. The molecule has 2 heterocycles. The molecule has 0 saturated carbocycles. The van der Waals surface area contributed by atoms with Crippen molar-refractivity contribution in [2.75, 3.05) is 26.6 Å². The van der Waals surface area contributed by atoms with Gasteiger partial charge in [-0.2, -0.15) is 0 Å². The van der Waals surface area contributed by atoms with Crippen LogP contribution in [0, 0.1) is 0 Å². The fraction of sp³-hybridized carbons (Fsp3) is 0.455. The maximum Gasteiger partial charge on any atom is 0.231 e. The van der Waals surface area contributed by atoms with Crippen LogP contribution in [0.1, 0.15) is 11.6 Å². The summed E-state index contributed by atoms with van der Waals surface area (Å²) in [6.07, 6.45) is 0. The van der Waals surface area contributed by atoms with E-state index in [0.717, 1.165) is 24.5 Å². The number of halogens is 2. The van der Waals surface area contributed by atoms with Gasteiger partial charge in [-0.25, -0.2) is 0 Å². The molecule has 2 aliphatic rings. The van der Waals surface area contributed by atoms with Crippen LogP contribution in [-0.4, -0.2) is 26.6 Å². The third kappa shape index (κ3) is 2.45. The van der Waals surface area contributed by atoms with Crippen LogP contribution in [0.25, 0.3) is 0 Å². The lowest BCUT2D eigenvalue weighted by Crippen LogP contribution is -2.34. The van der Waals surface area contributed by atoms with Gasteiger partial charge in [0.25, 0.3) is 0 Å². The molecule has 1 aromatic rings. The van der Waals surface area contributed by atoms with Gasteiger partial charge in [-0.15, -0.1) is 12.4 Å². The maximum atomic E-state index is 6.21. The van der Waals surface area contributed by atoms with E-state index in [2.05, 4.69) is 5.32 Å². The Labute approximate surface area is 111 Å². The number of ether oxygens (including phenoxy) is 3. The van der Waals surface area contributed by atoms with Crippen LogP contribution in [0.4, 0.5) is 0 Å². The van der Waals surface area contributed by atoms with Crippen molar-refractivity contribution in [2.24, 2.45) is 0 Å². The summed E-state index contributed by atoms with van der Waals surface area (Å²) < 4.78 is 16.0. The first-order chi connectivity index (χ1) is 7.84. The standard InChI is InChI=1S/C11H12ClNO3.ClH/c12-8-4-11-10(15-6-16-11)3-7(8)9-5-14-2-1-13-9;/h3-4,9,13H,1-2,5-6H2;1H/t9-;/m1./s1. The number of fused-ring (bicyclic) bond motifs is 1. The minimum atomic E-state index is 0. The van der Waals surface area contributed by atoms with Gasteiger partial charge in [0.15, 0.2) is 11.5 Å². The van der Waals surface area contributed by atoms with Crippen molar-refractivity contribution >= 4 is 24.0 Å². The van der Waals surface area contributed by atoms with E-state index in [0.29, 0.717) is 17.4 Å². The fourth-order valence-electron chi connectivity index (χ4n) is 1.97. The molecule has 1 fully saturated rings. The Morgan fingerprint density at radius 2 is 2.00 bits per heavy atom. The highest BCUT2D eigenvalue weighted by molar-refractivity contribution is 6.31. The van der Waals surface area contributed by atoms with Gasteiger partial charge >= 0.3 is 0 Å². The first-order valence-corrected chi connectivity index (χ1v) is 5.62. The molecule has 1 atom stereocenters. The highest BCUT2D eigenvalue weighted by Crippen LogP contribution is 2.39. The number of nitrogens with one attached hydrogen (secondary N) is 1. The molecule has 0 aromatic heterocycles. The Bertz CT molecular complexity index is 408. The largest absolute Gasteiger partial charge is 0.454 e. The predicted octanol–water partition coefficient (Wildman–Crippen LogP) is 2.15. The minimum absolute atomic E-state index is 0. The molecule has 0 unspecified atom stereocenters. The highest BCUT2D eigenvalue weighted by atomic mass is 35.5. The van der Waals surface area contributed by atoms with Gasteiger partial charge in [-0.1, -0.05) is 11.6 Å². The molecular formula is C11H13Cl2NO3. The van der Waals surface area contributed by atoms with E-state index in [9.17, 15) is 0 Å². The van der Waals surface area contributed by atoms with Crippen molar-refractivity contribution in [1.82, 2.24) is 5.32 Å². The lowest BCUT2D eigenvalue weighted by atomic mass is 10.1. The molecule has 17 heavy (non-hydrogen) atoms. The quantitative estimate of drug-likeness (QED) is 0.854. The Morgan fingerprint density at radius 3 is 2.71 bits per heavy atom. The van der Waals surface area contributed by atoms with Crippen molar-refractivity contribution < 1.29 is 14.2 Å². The Hall–Kier alpha value is -0.680.